The van der Waals surface area contributed by atoms with Gasteiger partial charge in [-0.05, 0) is 24.5 Å². The topological polar surface area (TPSA) is 71.5 Å². The van der Waals surface area contributed by atoms with Crippen molar-refractivity contribution in [3.05, 3.63) is 47.7 Å². The number of nitrogens with zero attached hydrogens (tertiary/aromatic N) is 1. The molecule has 120 valence electrons. The third kappa shape index (κ3) is 3.93. The fraction of sp³-hybridized carbons (Fsp3) is 0.294. The molecule has 0 saturated heterocycles. The van der Waals surface area contributed by atoms with Gasteiger partial charge in [0.15, 0.2) is 0 Å². The van der Waals surface area contributed by atoms with Crippen LogP contribution in [0.2, 0.25) is 5.15 Å². The lowest BCUT2D eigenvalue weighted by Gasteiger charge is -2.16. The lowest BCUT2D eigenvalue weighted by molar-refractivity contribution is 0.184. The minimum Gasteiger partial charge on any atom is -0.491 e. The molecule has 0 unspecified atom stereocenters. The molecule has 1 aliphatic carbocycles. The number of carboxylic acid groups (broad SMARTS) is 1. The van der Waals surface area contributed by atoms with Crippen molar-refractivity contribution in [1.29, 1.82) is 0 Å². The van der Waals surface area contributed by atoms with Gasteiger partial charge in [-0.3, -0.25) is 0 Å². The molecule has 1 saturated carbocycles. The maximum Gasteiger partial charge on any atom is 0.404 e. The molecule has 2 N–H and O–H groups in total. The zero-order valence-corrected chi connectivity index (χ0v) is 13.2. The Labute approximate surface area is 139 Å². The summed E-state index contributed by atoms with van der Waals surface area (Å²) in [6, 6.07) is 11.6. The molecule has 23 heavy (non-hydrogen) atoms. The van der Waals surface area contributed by atoms with E-state index in [9.17, 15) is 4.79 Å². The number of amides is 1. The summed E-state index contributed by atoms with van der Waals surface area (Å²) < 4.78 is 5.83. The molecule has 2 aromatic rings. The fourth-order valence-electron chi connectivity index (χ4n) is 2.38. The highest BCUT2D eigenvalue weighted by Gasteiger charge is 2.43. The van der Waals surface area contributed by atoms with Crippen LogP contribution in [-0.2, 0) is 0 Å². The van der Waals surface area contributed by atoms with Crippen molar-refractivity contribution in [1.82, 2.24) is 10.3 Å². The molecule has 1 amide bonds. The highest BCUT2D eigenvalue weighted by molar-refractivity contribution is 6.32. The maximum absolute atomic E-state index is 10.6. The summed E-state index contributed by atoms with van der Waals surface area (Å²) in [5.41, 5.74) is 1.70. The predicted octanol–water partition coefficient (Wildman–Crippen LogP) is 3.83. The molecule has 5 nitrogen and oxygen atoms in total. The zero-order chi connectivity index (χ0) is 16.3. The van der Waals surface area contributed by atoms with E-state index >= 15 is 0 Å². The van der Waals surface area contributed by atoms with Crippen molar-refractivity contribution in [2.45, 2.75) is 12.8 Å². The molecule has 6 heteroatoms. The summed E-state index contributed by atoms with van der Waals surface area (Å²) in [4.78, 5) is 14.8. The summed E-state index contributed by atoms with van der Waals surface area (Å²) >= 11 is 6.18. The fourth-order valence-corrected chi connectivity index (χ4v) is 2.59. The van der Waals surface area contributed by atoms with Crippen LogP contribution in [0.4, 0.5) is 4.79 Å². The van der Waals surface area contributed by atoms with Gasteiger partial charge < -0.3 is 15.2 Å². The first-order valence-corrected chi connectivity index (χ1v) is 7.76. The van der Waals surface area contributed by atoms with Gasteiger partial charge in [-0.2, -0.15) is 0 Å². The number of ether oxygens (including phenoxy) is 1. The van der Waals surface area contributed by atoms with Crippen LogP contribution in [0, 0.1) is 5.41 Å². The Kier molecular flexibility index (Phi) is 4.39. The minimum atomic E-state index is -1.00. The second-order valence-electron chi connectivity index (χ2n) is 5.82. The number of rotatable bonds is 6. The monoisotopic (exact) mass is 332 g/mol. The molecule has 0 atom stereocenters. The second-order valence-corrected chi connectivity index (χ2v) is 6.18. The van der Waals surface area contributed by atoms with Crippen LogP contribution in [0.1, 0.15) is 12.8 Å². The summed E-state index contributed by atoms with van der Waals surface area (Å²) in [7, 11) is 0. The highest BCUT2D eigenvalue weighted by atomic mass is 35.5. The standard InChI is InChI=1S/C17H17ClN2O3/c18-15-14(12-4-2-1-3-5-12)8-13(9-19-15)23-11-17(6-7-17)10-20-16(21)22/h1-5,8-9,20H,6-7,10-11H2,(H,21,22). The Balaban J connectivity index is 1.69. The molecule has 1 aromatic carbocycles. The van der Waals surface area contributed by atoms with E-state index in [1.165, 1.54) is 0 Å². The first-order chi connectivity index (χ1) is 11.1. The summed E-state index contributed by atoms with van der Waals surface area (Å²) in [6.07, 6.45) is 2.51. The van der Waals surface area contributed by atoms with E-state index in [4.69, 9.17) is 21.4 Å². The van der Waals surface area contributed by atoms with E-state index in [0.29, 0.717) is 24.1 Å². The molecule has 1 heterocycles. The van der Waals surface area contributed by atoms with Gasteiger partial charge >= 0.3 is 6.09 Å². The number of carbonyl (C=O) groups is 1. The predicted molar refractivity (Wildman–Crippen MR) is 87.9 cm³/mol. The van der Waals surface area contributed by atoms with Crippen LogP contribution in [0.25, 0.3) is 11.1 Å². The molecule has 3 rings (SSSR count). The van der Waals surface area contributed by atoms with Crippen molar-refractivity contribution in [3.63, 3.8) is 0 Å². The van der Waals surface area contributed by atoms with Crippen molar-refractivity contribution in [3.8, 4) is 16.9 Å². The number of halogens is 1. The number of nitrogens with one attached hydrogen (secondary N) is 1. The Hall–Kier alpha value is -2.27. The Bertz CT molecular complexity index is 702. The lowest BCUT2D eigenvalue weighted by Crippen LogP contribution is -2.31. The van der Waals surface area contributed by atoms with Crippen molar-refractivity contribution in [2.75, 3.05) is 13.2 Å². The van der Waals surface area contributed by atoms with E-state index < -0.39 is 6.09 Å². The number of hydrogen-bond acceptors (Lipinski definition) is 3. The van der Waals surface area contributed by atoms with Gasteiger partial charge in [-0.25, -0.2) is 9.78 Å². The third-order valence-corrected chi connectivity index (χ3v) is 4.32. The smallest absolute Gasteiger partial charge is 0.404 e. The van der Waals surface area contributed by atoms with Gasteiger partial charge in [0.1, 0.15) is 10.9 Å². The van der Waals surface area contributed by atoms with Gasteiger partial charge in [-0.1, -0.05) is 41.9 Å². The molecule has 1 fully saturated rings. The molecule has 0 aliphatic heterocycles. The van der Waals surface area contributed by atoms with E-state index in [0.717, 1.165) is 24.0 Å². The van der Waals surface area contributed by atoms with Crippen molar-refractivity contribution in [2.24, 2.45) is 5.41 Å². The van der Waals surface area contributed by atoms with Crippen molar-refractivity contribution < 1.29 is 14.6 Å². The molecule has 1 aromatic heterocycles. The average molecular weight is 333 g/mol. The maximum atomic E-state index is 10.6. The third-order valence-electron chi connectivity index (χ3n) is 4.02. The van der Waals surface area contributed by atoms with E-state index in [-0.39, 0.29) is 5.41 Å². The average Bonchev–Trinajstić information content (AvgIpc) is 3.34. The highest BCUT2D eigenvalue weighted by Crippen LogP contribution is 2.45. The van der Waals surface area contributed by atoms with Gasteiger partial charge in [0, 0.05) is 17.5 Å². The van der Waals surface area contributed by atoms with Crippen LogP contribution in [0.3, 0.4) is 0 Å². The second kappa shape index (κ2) is 6.46. The number of hydrogen-bond donors (Lipinski definition) is 2. The van der Waals surface area contributed by atoms with Crippen LogP contribution in [-0.4, -0.2) is 29.3 Å². The van der Waals surface area contributed by atoms with E-state index in [1.54, 1.807) is 6.20 Å². The SMILES string of the molecule is O=C(O)NCC1(COc2cnc(Cl)c(-c3ccccc3)c2)CC1. The van der Waals surface area contributed by atoms with Crippen LogP contribution in [0.15, 0.2) is 42.6 Å². The largest absolute Gasteiger partial charge is 0.491 e. The Morgan fingerprint density at radius 3 is 2.74 bits per heavy atom. The summed E-state index contributed by atoms with van der Waals surface area (Å²) in [5.74, 6) is 0.634. The van der Waals surface area contributed by atoms with Crippen LogP contribution >= 0.6 is 11.6 Å². The van der Waals surface area contributed by atoms with Crippen molar-refractivity contribution >= 4 is 17.7 Å². The number of benzene rings is 1. The number of aromatic nitrogens is 1. The van der Waals surface area contributed by atoms with Crippen LogP contribution < -0.4 is 10.1 Å². The summed E-state index contributed by atoms with van der Waals surface area (Å²) in [6.45, 7) is 0.875. The van der Waals surface area contributed by atoms with E-state index in [1.807, 2.05) is 36.4 Å². The molecule has 1 aliphatic rings. The van der Waals surface area contributed by atoms with Gasteiger partial charge in [0.05, 0.1) is 12.8 Å². The van der Waals surface area contributed by atoms with Crippen LogP contribution in [0.5, 0.6) is 5.75 Å². The minimum absolute atomic E-state index is 0.0923. The van der Waals surface area contributed by atoms with Gasteiger partial charge in [0.25, 0.3) is 0 Å². The molecular weight excluding hydrogens is 316 g/mol. The molecule has 0 bridgehead atoms. The Morgan fingerprint density at radius 1 is 1.35 bits per heavy atom. The summed E-state index contributed by atoms with van der Waals surface area (Å²) in [5, 5.41) is 11.6. The molecule has 0 spiro atoms. The zero-order valence-electron chi connectivity index (χ0n) is 12.5. The first kappa shape index (κ1) is 15.6. The first-order valence-electron chi connectivity index (χ1n) is 7.39. The Morgan fingerprint density at radius 2 is 2.09 bits per heavy atom. The number of pyridine rings is 1. The van der Waals surface area contributed by atoms with Gasteiger partial charge in [0.2, 0.25) is 0 Å². The normalized spacial score (nSPS) is 15.0. The molecular formula is C17H17ClN2O3. The van der Waals surface area contributed by atoms with E-state index in [2.05, 4.69) is 10.3 Å². The lowest BCUT2D eigenvalue weighted by atomic mass is 10.1. The molecule has 0 radical (unpaired) electrons. The van der Waals surface area contributed by atoms with Gasteiger partial charge in [-0.15, -0.1) is 0 Å². The quantitative estimate of drug-likeness (QED) is 0.789.